The Labute approximate surface area is 198 Å². The minimum Gasteiger partial charge on any atom is -0.494 e. The lowest BCUT2D eigenvalue weighted by molar-refractivity contribution is 0.297. The molecule has 0 radical (unpaired) electrons. The average molecular weight is 433 g/mol. The van der Waals surface area contributed by atoms with Gasteiger partial charge in [-0.3, -0.25) is 0 Å². The zero-order valence-electron chi connectivity index (χ0n) is 20.8. The highest BCUT2D eigenvalue weighted by molar-refractivity contribution is 5.44. The molecule has 0 amide bonds. The van der Waals surface area contributed by atoms with Crippen LogP contribution in [0.25, 0.3) is 0 Å². The molecule has 0 unspecified atom stereocenters. The molecule has 0 aromatic heterocycles. The first-order valence-electron chi connectivity index (χ1n) is 13.0. The van der Waals surface area contributed by atoms with Crippen LogP contribution in [0.1, 0.15) is 108 Å². The van der Waals surface area contributed by atoms with Crippen molar-refractivity contribution in [3.8, 4) is 17.6 Å². The summed E-state index contributed by atoms with van der Waals surface area (Å²) in [6.45, 7) is 7.57. The topological polar surface area (TPSA) is 9.23 Å². The molecule has 0 heterocycles. The zero-order chi connectivity index (χ0) is 22.9. The maximum Gasteiger partial charge on any atom is 0.119 e. The summed E-state index contributed by atoms with van der Waals surface area (Å²) in [5.74, 6) is 8.22. The molecule has 32 heavy (non-hydrogen) atoms. The van der Waals surface area contributed by atoms with E-state index in [9.17, 15) is 0 Å². The standard InChI is InChI=1S/C31H44O/c1-4-5-6-7-8-9-10-11-12-15-28-16-18-29(19-17-28)20-21-30-22-24-31(25-23-30)32-26-13-14-27(2)3/h16-19,22-25,27H,4-15,26H2,1-3H3. The van der Waals surface area contributed by atoms with E-state index in [1.807, 2.05) is 24.3 Å². The fourth-order valence-corrected chi connectivity index (χ4v) is 3.85. The Hall–Kier alpha value is -2.20. The van der Waals surface area contributed by atoms with Crippen LogP contribution in [0, 0.1) is 17.8 Å². The lowest BCUT2D eigenvalue weighted by atomic mass is 10.0. The lowest BCUT2D eigenvalue weighted by Gasteiger charge is -2.07. The third-order valence-corrected chi connectivity index (χ3v) is 5.92. The van der Waals surface area contributed by atoms with Crippen molar-refractivity contribution in [2.24, 2.45) is 5.92 Å². The van der Waals surface area contributed by atoms with Crippen LogP contribution in [-0.4, -0.2) is 6.61 Å². The van der Waals surface area contributed by atoms with Gasteiger partial charge in [0, 0.05) is 11.1 Å². The van der Waals surface area contributed by atoms with Gasteiger partial charge in [-0.05, 0) is 73.6 Å². The van der Waals surface area contributed by atoms with Crippen molar-refractivity contribution in [3.63, 3.8) is 0 Å². The molecule has 0 aliphatic carbocycles. The molecule has 1 nitrogen and oxygen atoms in total. The normalized spacial score (nSPS) is 10.8. The number of unbranched alkanes of at least 4 members (excludes halogenated alkanes) is 8. The van der Waals surface area contributed by atoms with Crippen LogP contribution in [0.5, 0.6) is 5.75 Å². The number of rotatable bonds is 15. The predicted octanol–water partition coefficient (Wildman–Crippen LogP) is 8.97. The smallest absolute Gasteiger partial charge is 0.119 e. The number of hydrogen-bond acceptors (Lipinski definition) is 1. The summed E-state index contributed by atoms with van der Waals surface area (Å²) in [6, 6.07) is 16.9. The van der Waals surface area contributed by atoms with Gasteiger partial charge in [0.15, 0.2) is 0 Å². The van der Waals surface area contributed by atoms with Crippen LogP contribution in [0.4, 0.5) is 0 Å². The van der Waals surface area contributed by atoms with Gasteiger partial charge in [-0.1, -0.05) is 96.1 Å². The quantitative estimate of drug-likeness (QED) is 0.201. The molecule has 2 aromatic rings. The van der Waals surface area contributed by atoms with Crippen LogP contribution >= 0.6 is 0 Å². The van der Waals surface area contributed by atoms with Crippen LogP contribution in [0.3, 0.4) is 0 Å². The van der Waals surface area contributed by atoms with Crippen molar-refractivity contribution >= 4 is 0 Å². The summed E-state index contributed by atoms with van der Waals surface area (Å²) in [5.41, 5.74) is 3.53. The van der Waals surface area contributed by atoms with Gasteiger partial charge in [0.25, 0.3) is 0 Å². The monoisotopic (exact) mass is 432 g/mol. The van der Waals surface area contributed by atoms with Gasteiger partial charge < -0.3 is 4.74 Å². The highest BCUT2D eigenvalue weighted by atomic mass is 16.5. The highest BCUT2D eigenvalue weighted by Gasteiger charge is 1.98. The van der Waals surface area contributed by atoms with Gasteiger partial charge in [0.05, 0.1) is 6.61 Å². The Morgan fingerprint density at radius 1 is 0.656 bits per heavy atom. The molecule has 2 aromatic carbocycles. The second-order valence-corrected chi connectivity index (χ2v) is 9.43. The first-order chi connectivity index (χ1) is 15.7. The van der Waals surface area contributed by atoms with Crippen molar-refractivity contribution in [1.29, 1.82) is 0 Å². The van der Waals surface area contributed by atoms with Gasteiger partial charge in [0.1, 0.15) is 5.75 Å². The van der Waals surface area contributed by atoms with E-state index in [1.165, 1.54) is 76.2 Å². The number of benzene rings is 2. The van der Waals surface area contributed by atoms with E-state index in [0.29, 0.717) is 0 Å². The molecule has 174 valence electrons. The summed E-state index contributed by atoms with van der Waals surface area (Å²) in [4.78, 5) is 0. The number of ether oxygens (including phenoxy) is 1. The maximum atomic E-state index is 5.81. The van der Waals surface area contributed by atoms with E-state index in [4.69, 9.17) is 4.74 Å². The van der Waals surface area contributed by atoms with E-state index in [-0.39, 0.29) is 0 Å². The van der Waals surface area contributed by atoms with Crippen LogP contribution in [0.2, 0.25) is 0 Å². The van der Waals surface area contributed by atoms with E-state index < -0.39 is 0 Å². The molecule has 0 spiro atoms. The van der Waals surface area contributed by atoms with Gasteiger partial charge in [-0.15, -0.1) is 0 Å². The lowest BCUT2D eigenvalue weighted by Crippen LogP contribution is -1.99. The van der Waals surface area contributed by atoms with Crippen molar-refractivity contribution in [1.82, 2.24) is 0 Å². The van der Waals surface area contributed by atoms with Crippen molar-refractivity contribution < 1.29 is 4.74 Å². The molecule has 0 fully saturated rings. The van der Waals surface area contributed by atoms with E-state index in [2.05, 4.69) is 56.9 Å². The molecule has 0 aliphatic rings. The second-order valence-electron chi connectivity index (χ2n) is 9.43. The first kappa shape index (κ1) is 26.1. The summed E-state index contributed by atoms with van der Waals surface area (Å²) < 4.78 is 5.81. The minimum atomic E-state index is 0.736. The molecule has 0 aliphatic heterocycles. The molecule has 0 saturated heterocycles. The first-order valence-corrected chi connectivity index (χ1v) is 13.0. The van der Waals surface area contributed by atoms with Gasteiger partial charge >= 0.3 is 0 Å². The SMILES string of the molecule is CCCCCCCCCCCc1ccc(C#Cc2ccc(OCCCC(C)C)cc2)cc1. The van der Waals surface area contributed by atoms with Crippen LogP contribution in [0.15, 0.2) is 48.5 Å². The third-order valence-electron chi connectivity index (χ3n) is 5.92. The molecule has 0 bridgehead atoms. The third kappa shape index (κ3) is 12.0. The van der Waals surface area contributed by atoms with Gasteiger partial charge in [0.2, 0.25) is 0 Å². The highest BCUT2D eigenvalue weighted by Crippen LogP contribution is 2.14. The van der Waals surface area contributed by atoms with Gasteiger partial charge in [-0.25, -0.2) is 0 Å². The van der Waals surface area contributed by atoms with Crippen LogP contribution < -0.4 is 4.74 Å². The van der Waals surface area contributed by atoms with E-state index in [0.717, 1.165) is 35.8 Å². The summed E-state index contributed by atoms with van der Waals surface area (Å²) in [6.07, 6.45) is 15.9. The maximum absolute atomic E-state index is 5.81. The molecule has 2 rings (SSSR count). The van der Waals surface area contributed by atoms with Crippen molar-refractivity contribution in [3.05, 3.63) is 65.2 Å². The average Bonchev–Trinajstić information content (AvgIpc) is 2.81. The summed E-state index contributed by atoms with van der Waals surface area (Å²) in [5, 5.41) is 0. The van der Waals surface area contributed by atoms with Crippen molar-refractivity contribution in [2.45, 2.75) is 97.8 Å². The minimum absolute atomic E-state index is 0.736. The molecule has 0 saturated carbocycles. The van der Waals surface area contributed by atoms with E-state index in [1.54, 1.807) is 0 Å². The molecule has 1 heteroatoms. The Morgan fingerprint density at radius 2 is 1.19 bits per heavy atom. The molecule has 0 N–H and O–H groups in total. The summed E-state index contributed by atoms with van der Waals surface area (Å²) in [7, 11) is 0. The fraction of sp³-hybridized carbons (Fsp3) is 0.548. The molecular formula is C31H44O. The number of aryl methyl sites for hydroxylation is 1. The summed E-state index contributed by atoms with van der Waals surface area (Å²) >= 11 is 0. The second kappa shape index (κ2) is 16.4. The number of hydrogen-bond donors (Lipinski definition) is 0. The van der Waals surface area contributed by atoms with Crippen LogP contribution in [-0.2, 0) is 6.42 Å². The van der Waals surface area contributed by atoms with Crippen molar-refractivity contribution in [2.75, 3.05) is 6.61 Å². The largest absolute Gasteiger partial charge is 0.494 e. The van der Waals surface area contributed by atoms with Gasteiger partial charge in [-0.2, -0.15) is 0 Å². The zero-order valence-corrected chi connectivity index (χ0v) is 20.8. The molecule has 0 atom stereocenters. The Bertz CT molecular complexity index is 774. The fourth-order valence-electron chi connectivity index (χ4n) is 3.85. The van der Waals surface area contributed by atoms with E-state index >= 15 is 0 Å². The Kier molecular flexibility index (Phi) is 13.4. The Morgan fingerprint density at radius 3 is 1.75 bits per heavy atom. The predicted molar refractivity (Wildman–Crippen MR) is 139 cm³/mol. The Balaban J connectivity index is 1.65. The molecular weight excluding hydrogens is 388 g/mol.